The van der Waals surface area contributed by atoms with Crippen LogP contribution in [0, 0.1) is 6.92 Å². The van der Waals surface area contributed by atoms with Gasteiger partial charge in [0.05, 0.1) is 34.3 Å². The van der Waals surface area contributed by atoms with E-state index in [2.05, 4.69) is 58.9 Å². The van der Waals surface area contributed by atoms with Gasteiger partial charge in [-0.3, -0.25) is 14.5 Å². The number of aliphatic hydroxyl groups excluding tert-OH is 1. The summed E-state index contributed by atoms with van der Waals surface area (Å²) < 4.78 is 0. The van der Waals surface area contributed by atoms with Gasteiger partial charge in [-0.2, -0.15) is 12.6 Å². The van der Waals surface area contributed by atoms with Crippen molar-refractivity contribution < 1.29 is 14.7 Å². The molecule has 0 radical (unpaired) electrons. The van der Waals surface area contributed by atoms with Crippen LogP contribution in [0.2, 0.25) is 0 Å². The Morgan fingerprint density at radius 3 is 2.44 bits per heavy atom. The quantitative estimate of drug-likeness (QED) is 0.440. The normalized spacial score (nSPS) is 20.5. The van der Waals surface area contributed by atoms with E-state index in [1.54, 1.807) is 16.2 Å². The highest BCUT2D eigenvalue weighted by atomic mass is 32.1. The van der Waals surface area contributed by atoms with Crippen molar-refractivity contribution in [2.75, 3.05) is 12.3 Å². The lowest BCUT2D eigenvalue weighted by atomic mass is 10.00. The second-order valence-electron chi connectivity index (χ2n) is 9.70. The molecule has 188 valence electrons. The Morgan fingerprint density at radius 1 is 1.14 bits per heavy atom. The smallest absolute Gasteiger partial charge is 0.241 e. The van der Waals surface area contributed by atoms with Gasteiger partial charge < -0.3 is 10.0 Å². The fraction of sp³-hybridized carbons (Fsp3) is 0.393. The molecular formula is C28H31N3O3S2. The summed E-state index contributed by atoms with van der Waals surface area (Å²) in [6.07, 6.45) is 0.558. The van der Waals surface area contributed by atoms with Gasteiger partial charge in [0, 0.05) is 38.2 Å². The van der Waals surface area contributed by atoms with Gasteiger partial charge in [0.1, 0.15) is 0 Å². The zero-order chi connectivity index (χ0) is 25.2. The third kappa shape index (κ3) is 5.13. The van der Waals surface area contributed by atoms with E-state index in [9.17, 15) is 14.7 Å². The standard InChI is InChI=1S/C28H31N3O3S2/c1-18-27(36-17-29-18)20-9-6-19(7-10-20)8-11-26(33)24-12-23(32)15-31(24)28(34)25(16-35)30-13-21-4-2-3-5-22(21)14-30/h2-7,9-10,17,23-25,32,35H,8,11-16H2,1H3/t23-,24+,25+/m1/s1. The SMILES string of the molecule is Cc1ncsc1-c1ccc(CCC(=O)[C@@H]2C[C@@H](O)CN2C(=O)[C@H](CS)N2Cc3ccccc3C2)cc1. The molecule has 1 aromatic heterocycles. The number of Topliss-reactive ketones (excluding diaryl/α,β-unsaturated/α-hetero) is 1. The number of nitrogens with zero attached hydrogens (tertiary/aromatic N) is 3. The Morgan fingerprint density at radius 2 is 1.83 bits per heavy atom. The highest BCUT2D eigenvalue weighted by Crippen LogP contribution is 2.29. The first kappa shape index (κ1) is 25.1. The number of thiol groups is 1. The monoisotopic (exact) mass is 521 g/mol. The predicted molar refractivity (Wildman–Crippen MR) is 145 cm³/mol. The molecule has 3 aromatic rings. The summed E-state index contributed by atoms with van der Waals surface area (Å²) in [6, 6.07) is 15.4. The van der Waals surface area contributed by atoms with Crippen molar-refractivity contribution in [1.82, 2.24) is 14.8 Å². The van der Waals surface area contributed by atoms with Crippen LogP contribution in [0.1, 0.15) is 35.2 Å². The van der Waals surface area contributed by atoms with Crippen molar-refractivity contribution in [3.05, 3.63) is 76.4 Å². The van der Waals surface area contributed by atoms with Crippen LogP contribution in [0.15, 0.2) is 54.0 Å². The number of carbonyl (C=O) groups is 2. The number of rotatable bonds is 8. The third-order valence-electron chi connectivity index (χ3n) is 7.32. The van der Waals surface area contributed by atoms with Crippen molar-refractivity contribution >= 4 is 35.7 Å². The maximum Gasteiger partial charge on any atom is 0.241 e. The van der Waals surface area contributed by atoms with E-state index in [1.165, 1.54) is 11.1 Å². The predicted octanol–water partition coefficient (Wildman–Crippen LogP) is 3.90. The Balaban J connectivity index is 1.22. The van der Waals surface area contributed by atoms with E-state index < -0.39 is 18.2 Å². The first-order chi connectivity index (χ1) is 17.4. The third-order valence-corrected chi connectivity index (χ3v) is 8.64. The van der Waals surface area contributed by atoms with Gasteiger partial charge in [-0.15, -0.1) is 11.3 Å². The minimum atomic E-state index is -0.679. The van der Waals surface area contributed by atoms with E-state index in [0.29, 0.717) is 38.1 Å². The molecule has 2 aromatic carbocycles. The van der Waals surface area contributed by atoms with Crippen molar-refractivity contribution in [2.45, 2.75) is 57.5 Å². The zero-order valence-corrected chi connectivity index (χ0v) is 22.0. The highest BCUT2D eigenvalue weighted by molar-refractivity contribution is 7.80. The molecule has 1 amide bonds. The van der Waals surface area contributed by atoms with E-state index in [4.69, 9.17) is 0 Å². The van der Waals surface area contributed by atoms with Crippen LogP contribution in [0.4, 0.5) is 0 Å². The number of benzene rings is 2. The molecule has 0 spiro atoms. The molecule has 1 fully saturated rings. The molecule has 0 aliphatic carbocycles. The summed E-state index contributed by atoms with van der Waals surface area (Å²) >= 11 is 6.11. The summed E-state index contributed by atoms with van der Waals surface area (Å²) in [5.74, 6) is 0.258. The number of aromatic nitrogens is 1. The largest absolute Gasteiger partial charge is 0.391 e. The molecule has 0 bridgehead atoms. The number of aliphatic hydroxyl groups is 1. The first-order valence-corrected chi connectivity index (χ1v) is 13.9. The average molecular weight is 522 g/mol. The lowest BCUT2D eigenvalue weighted by Gasteiger charge is -2.32. The van der Waals surface area contributed by atoms with Gasteiger partial charge in [0.2, 0.25) is 5.91 Å². The average Bonchev–Trinajstić information content (AvgIpc) is 3.61. The Hall–Kier alpha value is -2.52. The second-order valence-corrected chi connectivity index (χ2v) is 10.9. The van der Waals surface area contributed by atoms with E-state index >= 15 is 0 Å². The fourth-order valence-corrected chi connectivity index (χ4v) is 6.52. The molecule has 1 saturated heterocycles. The van der Waals surface area contributed by atoms with Crippen molar-refractivity contribution in [2.24, 2.45) is 0 Å². The molecule has 6 nitrogen and oxygen atoms in total. The Bertz CT molecular complexity index is 1220. The minimum Gasteiger partial charge on any atom is -0.391 e. The van der Waals surface area contributed by atoms with E-state index in [-0.39, 0.29) is 18.2 Å². The van der Waals surface area contributed by atoms with Crippen LogP contribution in [0.25, 0.3) is 10.4 Å². The Labute approximate surface area is 221 Å². The van der Waals surface area contributed by atoms with Crippen LogP contribution >= 0.6 is 24.0 Å². The molecular weight excluding hydrogens is 490 g/mol. The molecule has 5 rings (SSSR count). The van der Waals surface area contributed by atoms with Gasteiger partial charge in [0.25, 0.3) is 0 Å². The van der Waals surface area contributed by atoms with Gasteiger partial charge >= 0.3 is 0 Å². The molecule has 36 heavy (non-hydrogen) atoms. The molecule has 3 heterocycles. The van der Waals surface area contributed by atoms with Crippen LogP contribution in [0.5, 0.6) is 0 Å². The zero-order valence-electron chi connectivity index (χ0n) is 20.3. The Kier molecular flexibility index (Phi) is 7.57. The van der Waals surface area contributed by atoms with Gasteiger partial charge in [-0.1, -0.05) is 48.5 Å². The lowest BCUT2D eigenvalue weighted by Crippen LogP contribution is -2.51. The minimum absolute atomic E-state index is 0.00454. The van der Waals surface area contributed by atoms with Crippen molar-refractivity contribution in [3.63, 3.8) is 0 Å². The van der Waals surface area contributed by atoms with E-state index in [1.807, 2.05) is 24.6 Å². The number of β-amino-alcohol motifs (C(OH)–C–C–N with tert-alkyl or cyclic N) is 1. The number of hydrogen-bond donors (Lipinski definition) is 2. The number of fused-ring (bicyclic) bond motifs is 1. The number of likely N-dealkylation sites (tertiary alicyclic amines) is 1. The molecule has 1 N–H and O–H groups in total. The van der Waals surface area contributed by atoms with Crippen molar-refractivity contribution in [3.8, 4) is 10.4 Å². The molecule has 8 heteroatoms. The van der Waals surface area contributed by atoms with Gasteiger partial charge in [0.15, 0.2) is 5.78 Å². The second kappa shape index (κ2) is 10.8. The van der Waals surface area contributed by atoms with Crippen LogP contribution < -0.4 is 0 Å². The lowest BCUT2D eigenvalue weighted by molar-refractivity contribution is -0.141. The highest BCUT2D eigenvalue weighted by Gasteiger charge is 2.42. The summed E-state index contributed by atoms with van der Waals surface area (Å²) in [6.45, 7) is 3.59. The van der Waals surface area contributed by atoms with Crippen LogP contribution in [0.3, 0.4) is 0 Å². The summed E-state index contributed by atoms with van der Waals surface area (Å²) in [5, 5.41) is 10.4. The fourth-order valence-electron chi connectivity index (χ4n) is 5.32. The molecule has 0 unspecified atom stereocenters. The number of aryl methyl sites for hydroxylation is 2. The summed E-state index contributed by atoms with van der Waals surface area (Å²) in [7, 11) is 0. The molecule has 2 aliphatic rings. The molecule has 3 atom stereocenters. The van der Waals surface area contributed by atoms with Gasteiger partial charge in [-0.25, -0.2) is 4.98 Å². The number of ketones is 1. The van der Waals surface area contributed by atoms with Crippen molar-refractivity contribution in [1.29, 1.82) is 0 Å². The van der Waals surface area contributed by atoms with E-state index in [0.717, 1.165) is 21.7 Å². The topological polar surface area (TPSA) is 73.7 Å². The molecule has 2 aliphatic heterocycles. The number of thiazole rings is 1. The number of hydrogen-bond acceptors (Lipinski definition) is 7. The summed E-state index contributed by atoms with van der Waals surface area (Å²) in [4.78, 5) is 36.0. The van der Waals surface area contributed by atoms with Crippen LogP contribution in [-0.4, -0.2) is 62.1 Å². The number of amides is 1. The first-order valence-electron chi connectivity index (χ1n) is 12.4. The maximum atomic E-state index is 13.6. The van der Waals surface area contributed by atoms with Crippen LogP contribution in [-0.2, 0) is 29.1 Å². The van der Waals surface area contributed by atoms with Gasteiger partial charge in [-0.05, 0) is 35.6 Å². The molecule has 0 saturated carbocycles. The summed E-state index contributed by atoms with van der Waals surface area (Å²) in [5.41, 5.74) is 7.52. The number of carbonyl (C=O) groups excluding carboxylic acids is 2. The maximum absolute atomic E-state index is 13.6.